The highest BCUT2D eigenvalue weighted by atomic mass is 16.5. The lowest BCUT2D eigenvalue weighted by atomic mass is 10.1. The fourth-order valence-electron chi connectivity index (χ4n) is 2.11. The Kier molecular flexibility index (Phi) is 9.18. The molecule has 3 heteroatoms. The van der Waals surface area contributed by atoms with Gasteiger partial charge in [0.25, 0.3) is 0 Å². The molecule has 0 saturated carbocycles. The summed E-state index contributed by atoms with van der Waals surface area (Å²) in [5.41, 5.74) is 1.15. The SMILES string of the molecule is CCCCCCC(=O)CCC(=O)OCCc1ccccc1. The monoisotopic (exact) mass is 290 g/mol. The van der Waals surface area contributed by atoms with E-state index in [0.717, 1.165) is 24.8 Å². The molecule has 3 nitrogen and oxygen atoms in total. The summed E-state index contributed by atoms with van der Waals surface area (Å²) in [6.07, 6.45) is 6.22. The Morgan fingerprint density at radius 2 is 1.71 bits per heavy atom. The predicted octanol–water partition coefficient (Wildman–Crippen LogP) is 4.09. The van der Waals surface area contributed by atoms with Crippen molar-refractivity contribution in [2.24, 2.45) is 0 Å². The molecule has 0 spiro atoms. The maximum absolute atomic E-state index is 11.6. The first kappa shape index (κ1) is 17.4. The maximum atomic E-state index is 11.6. The van der Waals surface area contributed by atoms with Crippen LogP contribution in [0, 0.1) is 0 Å². The van der Waals surface area contributed by atoms with Gasteiger partial charge in [0.15, 0.2) is 0 Å². The van der Waals surface area contributed by atoms with Crippen LogP contribution in [0.25, 0.3) is 0 Å². The molecule has 1 rings (SSSR count). The lowest BCUT2D eigenvalue weighted by Crippen LogP contribution is -2.10. The number of hydrogen-bond acceptors (Lipinski definition) is 3. The third-order valence-corrected chi connectivity index (χ3v) is 3.41. The topological polar surface area (TPSA) is 43.4 Å². The van der Waals surface area contributed by atoms with Crippen LogP contribution < -0.4 is 0 Å². The number of carbonyl (C=O) groups excluding carboxylic acids is 2. The molecule has 0 unspecified atom stereocenters. The summed E-state index contributed by atoms with van der Waals surface area (Å²) in [6.45, 7) is 2.53. The van der Waals surface area contributed by atoms with Gasteiger partial charge in [-0.05, 0) is 12.0 Å². The van der Waals surface area contributed by atoms with Crippen molar-refractivity contribution in [2.45, 2.75) is 58.3 Å². The zero-order valence-electron chi connectivity index (χ0n) is 13.0. The molecule has 1 aromatic rings. The van der Waals surface area contributed by atoms with Crippen molar-refractivity contribution in [3.05, 3.63) is 35.9 Å². The van der Waals surface area contributed by atoms with Gasteiger partial charge < -0.3 is 4.74 Å². The molecule has 0 amide bonds. The van der Waals surface area contributed by atoms with Crippen molar-refractivity contribution in [1.29, 1.82) is 0 Å². The van der Waals surface area contributed by atoms with E-state index in [-0.39, 0.29) is 18.2 Å². The first-order chi connectivity index (χ1) is 10.2. The Hall–Kier alpha value is -1.64. The van der Waals surface area contributed by atoms with Crippen LogP contribution in [0.5, 0.6) is 0 Å². The van der Waals surface area contributed by atoms with E-state index in [4.69, 9.17) is 4.74 Å². The van der Waals surface area contributed by atoms with Gasteiger partial charge in [-0.25, -0.2) is 0 Å². The smallest absolute Gasteiger partial charge is 0.306 e. The van der Waals surface area contributed by atoms with Gasteiger partial charge in [-0.2, -0.15) is 0 Å². The fourth-order valence-corrected chi connectivity index (χ4v) is 2.11. The van der Waals surface area contributed by atoms with Crippen molar-refractivity contribution < 1.29 is 14.3 Å². The molecule has 1 aromatic carbocycles. The average molecular weight is 290 g/mol. The Morgan fingerprint density at radius 1 is 0.952 bits per heavy atom. The van der Waals surface area contributed by atoms with E-state index in [1.54, 1.807) is 0 Å². The predicted molar refractivity (Wildman–Crippen MR) is 84.1 cm³/mol. The van der Waals surface area contributed by atoms with E-state index in [0.29, 0.717) is 19.4 Å². The highest BCUT2D eigenvalue weighted by Gasteiger charge is 2.08. The number of benzene rings is 1. The second-order valence-electron chi connectivity index (χ2n) is 5.31. The van der Waals surface area contributed by atoms with Gasteiger partial charge in [0.2, 0.25) is 0 Å². The minimum atomic E-state index is -0.271. The Labute approximate surface area is 127 Å². The van der Waals surface area contributed by atoms with Crippen molar-refractivity contribution in [3.63, 3.8) is 0 Å². The van der Waals surface area contributed by atoms with Gasteiger partial charge in [0.05, 0.1) is 13.0 Å². The van der Waals surface area contributed by atoms with Crippen molar-refractivity contribution >= 4 is 11.8 Å². The number of ether oxygens (including phenoxy) is 1. The van der Waals surface area contributed by atoms with Crippen molar-refractivity contribution in [2.75, 3.05) is 6.61 Å². The normalized spacial score (nSPS) is 10.3. The summed E-state index contributed by atoms with van der Waals surface area (Å²) >= 11 is 0. The van der Waals surface area contributed by atoms with Crippen molar-refractivity contribution in [3.8, 4) is 0 Å². The molecule has 0 fully saturated rings. The number of esters is 1. The third kappa shape index (κ3) is 9.01. The molecule has 0 aliphatic carbocycles. The fraction of sp³-hybridized carbons (Fsp3) is 0.556. The number of carbonyl (C=O) groups is 2. The molecule has 0 bridgehead atoms. The molecule has 0 atom stereocenters. The average Bonchev–Trinajstić information content (AvgIpc) is 2.50. The molecule has 116 valence electrons. The van der Waals surface area contributed by atoms with Crippen LogP contribution in [0.4, 0.5) is 0 Å². The second kappa shape index (κ2) is 11.1. The van der Waals surface area contributed by atoms with Gasteiger partial charge in [-0.1, -0.05) is 56.5 Å². The molecular formula is C18H26O3. The standard InChI is InChI=1S/C18H26O3/c1-2-3-4-8-11-17(19)12-13-18(20)21-15-14-16-9-6-5-7-10-16/h5-7,9-10H,2-4,8,11-15H2,1H3. The molecule has 0 aliphatic heterocycles. The van der Waals surface area contributed by atoms with E-state index in [2.05, 4.69) is 6.92 Å². The van der Waals surface area contributed by atoms with Crippen molar-refractivity contribution in [1.82, 2.24) is 0 Å². The zero-order chi connectivity index (χ0) is 15.3. The van der Waals surface area contributed by atoms with E-state index in [9.17, 15) is 9.59 Å². The maximum Gasteiger partial charge on any atom is 0.306 e. The van der Waals surface area contributed by atoms with E-state index in [1.807, 2.05) is 30.3 Å². The third-order valence-electron chi connectivity index (χ3n) is 3.41. The van der Waals surface area contributed by atoms with Gasteiger partial charge in [-0.15, -0.1) is 0 Å². The molecule has 0 aliphatic rings. The largest absolute Gasteiger partial charge is 0.465 e. The second-order valence-corrected chi connectivity index (χ2v) is 5.31. The quantitative estimate of drug-likeness (QED) is 0.455. The Balaban J connectivity index is 2.04. The highest BCUT2D eigenvalue weighted by Crippen LogP contribution is 2.06. The Bertz CT molecular complexity index is 412. The summed E-state index contributed by atoms with van der Waals surface area (Å²) < 4.78 is 5.15. The van der Waals surface area contributed by atoms with Gasteiger partial charge in [0, 0.05) is 19.3 Å². The lowest BCUT2D eigenvalue weighted by Gasteiger charge is -2.05. The lowest BCUT2D eigenvalue weighted by molar-refractivity contribution is -0.144. The van der Waals surface area contributed by atoms with E-state index in [1.165, 1.54) is 12.8 Å². The summed E-state index contributed by atoms with van der Waals surface area (Å²) in [6, 6.07) is 9.91. The molecule has 0 radical (unpaired) electrons. The number of rotatable bonds is 11. The molecule has 0 aromatic heterocycles. The van der Waals surface area contributed by atoms with E-state index >= 15 is 0 Å². The first-order valence-corrected chi connectivity index (χ1v) is 7.93. The van der Waals surface area contributed by atoms with Crippen LogP contribution >= 0.6 is 0 Å². The van der Waals surface area contributed by atoms with Crippen LogP contribution in [0.1, 0.15) is 57.4 Å². The molecule has 0 N–H and O–H groups in total. The number of hydrogen-bond donors (Lipinski definition) is 0. The van der Waals surface area contributed by atoms with Crippen LogP contribution in [-0.2, 0) is 20.7 Å². The first-order valence-electron chi connectivity index (χ1n) is 7.93. The number of unbranched alkanes of at least 4 members (excludes halogenated alkanes) is 3. The van der Waals surface area contributed by atoms with Crippen LogP contribution in [0.2, 0.25) is 0 Å². The molecular weight excluding hydrogens is 264 g/mol. The van der Waals surface area contributed by atoms with Crippen LogP contribution in [0.3, 0.4) is 0 Å². The summed E-state index contributed by atoms with van der Waals surface area (Å²) in [7, 11) is 0. The summed E-state index contributed by atoms with van der Waals surface area (Å²) in [4.78, 5) is 23.1. The summed E-state index contributed by atoms with van der Waals surface area (Å²) in [5, 5.41) is 0. The van der Waals surface area contributed by atoms with Crippen LogP contribution in [-0.4, -0.2) is 18.4 Å². The zero-order valence-corrected chi connectivity index (χ0v) is 13.0. The van der Waals surface area contributed by atoms with E-state index < -0.39 is 0 Å². The summed E-state index contributed by atoms with van der Waals surface area (Å²) in [5.74, 6) is -0.0982. The highest BCUT2D eigenvalue weighted by molar-refractivity contribution is 5.82. The van der Waals surface area contributed by atoms with Gasteiger partial charge >= 0.3 is 5.97 Å². The minimum absolute atomic E-state index is 0.172. The molecule has 0 saturated heterocycles. The minimum Gasteiger partial charge on any atom is -0.465 e. The van der Waals surface area contributed by atoms with Crippen LogP contribution in [0.15, 0.2) is 30.3 Å². The number of Topliss-reactive ketones (excluding diaryl/α,β-unsaturated/α-hetero) is 1. The Morgan fingerprint density at radius 3 is 2.43 bits per heavy atom. The van der Waals surface area contributed by atoms with Gasteiger partial charge in [-0.3, -0.25) is 9.59 Å². The molecule has 0 heterocycles. The van der Waals surface area contributed by atoms with Gasteiger partial charge in [0.1, 0.15) is 5.78 Å². The number of ketones is 1. The molecule has 21 heavy (non-hydrogen) atoms.